The average Bonchev–Trinajstić information content (AvgIpc) is 2.30. The van der Waals surface area contributed by atoms with Gasteiger partial charge in [0.25, 0.3) is 0 Å². The lowest BCUT2D eigenvalue weighted by molar-refractivity contribution is 0.0276. The molecule has 82 valence electrons. The van der Waals surface area contributed by atoms with E-state index >= 15 is 0 Å². The van der Waals surface area contributed by atoms with E-state index in [2.05, 4.69) is 40.0 Å². The van der Waals surface area contributed by atoms with Crippen LogP contribution in [0, 0.1) is 3.57 Å². The van der Waals surface area contributed by atoms with E-state index < -0.39 is 0 Å². The maximum atomic E-state index is 5.69. The summed E-state index contributed by atoms with van der Waals surface area (Å²) in [4.78, 5) is 0. The molecular formula is C11H14INO2. The fourth-order valence-electron chi connectivity index (χ4n) is 1.66. The molecule has 0 spiro atoms. The molecule has 1 atom stereocenters. The molecule has 1 aromatic rings. The van der Waals surface area contributed by atoms with E-state index in [0.717, 1.165) is 29.0 Å². The summed E-state index contributed by atoms with van der Waals surface area (Å²) in [5.41, 5.74) is 1.22. The number of rotatable bonds is 2. The van der Waals surface area contributed by atoms with Crippen molar-refractivity contribution in [1.82, 2.24) is 5.32 Å². The summed E-state index contributed by atoms with van der Waals surface area (Å²) >= 11 is 2.28. The van der Waals surface area contributed by atoms with E-state index in [4.69, 9.17) is 9.47 Å². The Balaban J connectivity index is 2.17. The first-order chi connectivity index (χ1) is 7.31. The molecule has 0 amide bonds. The zero-order chi connectivity index (χ0) is 10.7. The van der Waals surface area contributed by atoms with Crippen molar-refractivity contribution in [3.63, 3.8) is 0 Å². The van der Waals surface area contributed by atoms with Crippen molar-refractivity contribution >= 4 is 22.6 Å². The number of methoxy groups -OCH3 is 1. The standard InChI is InChI=1S/C11H14INO2/c1-14-10-3-2-8(6-9(10)12)11-7-13-4-5-15-11/h2-3,6,11,13H,4-5,7H2,1H3. The molecule has 0 saturated carbocycles. The molecule has 1 fully saturated rings. The van der Waals surface area contributed by atoms with Crippen LogP contribution in [0.15, 0.2) is 18.2 Å². The third kappa shape index (κ3) is 2.62. The van der Waals surface area contributed by atoms with Gasteiger partial charge in [-0.05, 0) is 40.3 Å². The summed E-state index contributed by atoms with van der Waals surface area (Å²) in [6, 6.07) is 6.19. The van der Waals surface area contributed by atoms with Crippen molar-refractivity contribution < 1.29 is 9.47 Å². The highest BCUT2D eigenvalue weighted by atomic mass is 127. The molecule has 3 nitrogen and oxygen atoms in total. The monoisotopic (exact) mass is 319 g/mol. The normalized spacial score (nSPS) is 21.3. The van der Waals surface area contributed by atoms with E-state index in [1.807, 2.05) is 6.07 Å². The molecular weight excluding hydrogens is 305 g/mol. The molecule has 2 rings (SSSR count). The second kappa shape index (κ2) is 5.14. The highest BCUT2D eigenvalue weighted by molar-refractivity contribution is 14.1. The molecule has 1 aromatic carbocycles. The molecule has 1 unspecified atom stereocenters. The van der Waals surface area contributed by atoms with Crippen molar-refractivity contribution in [2.24, 2.45) is 0 Å². The van der Waals surface area contributed by atoms with Gasteiger partial charge in [0.2, 0.25) is 0 Å². The predicted molar refractivity (Wildman–Crippen MR) is 67.3 cm³/mol. The Labute approximate surface area is 103 Å². The summed E-state index contributed by atoms with van der Waals surface area (Å²) < 4.78 is 12.0. The van der Waals surface area contributed by atoms with Crippen molar-refractivity contribution in [3.8, 4) is 5.75 Å². The fourth-order valence-corrected chi connectivity index (χ4v) is 2.42. The third-order valence-corrected chi connectivity index (χ3v) is 3.32. The van der Waals surface area contributed by atoms with Gasteiger partial charge in [-0.25, -0.2) is 0 Å². The highest BCUT2D eigenvalue weighted by Crippen LogP contribution is 2.26. The topological polar surface area (TPSA) is 30.5 Å². The molecule has 1 aliphatic rings. The molecule has 1 heterocycles. The molecule has 15 heavy (non-hydrogen) atoms. The summed E-state index contributed by atoms with van der Waals surface area (Å²) in [5.74, 6) is 0.920. The lowest BCUT2D eigenvalue weighted by Gasteiger charge is -2.24. The van der Waals surface area contributed by atoms with Crippen LogP contribution in [0.1, 0.15) is 11.7 Å². The van der Waals surface area contributed by atoms with Gasteiger partial charge >= 0.3 is 0 Å². The largest absolute Gasteiger partial charge is 0.496 e. The fraction of sp³-hybridized carbons (Fsp3) is 0.455. The van der Waals surface area contributed by atoms with Crippen molar-refractivity contribution in [1.29, 1.82) is 0 Å². The molecule has 0 radical (unpaired) electrons. The minimum absolute atomic E-state index is 0.179. The van der Waals surface area contributed by atoms with Crippen LogP contribution in [0.2, 0.25) is 0 Å². The lowest BCUT2D eigenvalue weighted by Crippen LogP contribution is -2.33. The van der Waals surface area contributed by atoms with Crippen molar-refractivity contribution in [2.75, 3.05) is 26.8 Å². The van der Waals surface area contributed by atoms with Gasteiger partial charge < -0.3 is 14.8 Å². The van der Waals surface area contributed by atoms with Crippen LogP contribution in [0.3, 0.4) is 0 Å². The van der Waals surface area contributed by atoms with Gasteiger partial charge in [-0.1, -0.05) is 6.07 Å². The van der Waals surface area contributed by atoms with Gasteiger partial charge in [-0.15, -0.1) is 0 Å². The van der Waals surface area contributed by atoms with Crippen LogP contribution in [0.5, 0.6) is 5.75 Å². The number of ether oxygens (including phenoxy) is 2. The SMILES string of the molecule is COc1ccc(C2CNCCO2)cc1I. The molecule has 4 heteroatoms. The zero-order valence-electron chi connectivity index (χ0n) is 8.63. The van der Waals surface area contributed by atoms with E-state index in [9.17, 15) is 0 Å². The Kier molecular flexibility index (Phi) is 3.82. The first-order valence-corrected chi connectivity index (χ1v) is 6.05. The molecule has 0 bridgehead atoms. The third-order valence-electron chi connectivity index (χ3n) is 2.48. The number of hydrogen-bond donors (Lipinski definition) is 1. The highest BCUT2D eigenvalue weighted by Gasteiger charge is 2.16. The predicted octanol–water partition coefficient (Wildman–Crippen LogP) is 1.96. The number of benzene rings is 1. The molecule has 0 aromatic heterocycles. The Bertz CT molecular complexity index is 337. The van der Waals surface area contributed by atoms with Gasteiger partial charge in [-0.2, -0.15) is 0 Å². The first kappa shape index (κ1) is 11.2. The van der Waals surface area contributed by atoms with E-state index in [0.29, 0.717) is 0 Å². The van der Waals surface area contributed by atoms with Crippen LogP contribution in [0.25, 0.3) is 0 Å². The lowest BCUT2D eigenvalue weighted by atomic mass is 10.1. The van der Waals surface area contributed by atoms with Gasteiger partial charge in [-0.3, -0.25) is 0 Å². The Morgan fingerprint density at radius 3 is 3.00 bits per heavy atom. The smallest absolute Gasteiger partial charge is 0.132 e. The van der Waals surface area contributed by atoms with E-state index in [1.54, 1.807) is 7.11 Å². The quantitative estimate of drug-likeness (QED) is 0.846. The van der Waals surface area contributed by atoms with Crippen LogP contribution in [-0.2, 0) is 4.74 Å². The number of hydrogen-bond acceptors (Lipinski definition) is 3. The van der Waals surface area contributed by atoms with Crippen molar-refractivity contribution in [3.05, 3.63) is 27.3 Å². The van der Waals surface area contributed by atoms with Gasteiger partial charge in [0.1, 0.15) is 5.75 Å². The van der Waals surface area contributed by atoms with Crippen LogP contribution in [-0.4, -0.2) is 26.8 Å². The van der Waals surface area contributed by atoms with Crippen LogP contribution < -0.4 is 10.1 Å². The average molecular weight is 319 g/mol. The molecule has 1 aliphatic heterocycles. The Morgan fingerprint density at radius 2 is 2.40 bits per heavy atom. The zero-order valence-corrected chi connectivity index (χ0v) is 10.8. The number of morpholine rings is 1. The summed E-state index contributed by atoms with van der Waals surface area (Å²) in [6.45, 7) is 2.62. The maximum Gasteiger partial charge on any atom is 0.132 e. The Morgan fingerprint density at radius 1 is 1.53 bits per heavy atom. The molecule has 1 N–H and O–H groups in total. The van der Waals surface area contributed by atoms with Crippen LogP contribution >= 0.6 is 22.6 Å². The minimum atomic E-state index is 0.179. The molecule has 0 aliphatic carbocycles. The second-order valence-corrected chi connectivity index (χ2v) is 4.62. The second-order valence-electron chi connectivity index (χ2n) is 3.46. The summed E-state index contributed by atoms with van der Waals surface area (Å²) in [5, 5.41) is 3.32. The van der Waals surface area contributed by atoms with Crippen LogP contribution in [0.4, 0.5) is 0 Å². The van der Waals surface area contributed by atoms with Gasteiger partial charge in [0.15, 0.2) is 0 Å². The van der Waals surface area contributed by atoms with Gasteiger partial charge in [0, 0.05) is 13.1 Å². The van der Waals surface area contributed by atoms with Crippen molar-refractivity contribution in [2.45, 2.75) is 6.10 Å². The van der Waals surface area contributed by atoms with Gasteiger partial charge in [0.05, 0.1) is 23.4 Å². The number of nitrogens with one attached hydrogen (secondary N) is 1. The minimum Gasteiger partial charge on any atom is -0.496 e. The Hall–Kier alpha value is -0.330. The first-order valence-electron chi connectivity index (χ1n) is 4.97. The molecule has 1 saturated heterocycles. The van der Waals surface area contributed by atoms with E-state index in [1.165, 1.54) is 5.56 Å². The number of halogens is 1. The summed E-state index contributed by atoms with van der Waals surface area (Å²) in [6.07, 6.45) is 0.179. The van der Waals surface area contributed by atoms with E-state index in [-0.39, 0.29) is 6.10 Å². The summed E-state index contributed by atoms with van der Waals surface area (Å²) in [7, 11) is 1.69. The maximum absolute atomic E-state index is 5.69.